The first kappa shape index (κ1) is 14.0. The van der Waals surface area contributed by atoms with Crippen molar-refractivity contribution in [1.29, 1.82) is 0 Å². The van der Waals surface area contributed by atoms with E-state index in [-0.39, 0.29) is 5.91 Å². The highest BCUT2D eigenvalue weighted by molar-refractivity contribution is 9.10. The van der Waals surface area contributed by atoms with Crippen molar-refractivity contribution in [1.82, 2.24) is 5.32 Å². The molecular weight excluding hydrogens is 282 g/mol. The van der Waals surface area contributed by atoms with E-state index in [0.29, 0.717) is 23.8 Å². The summed E-state index contributed by atoms with van der Waals surface area (Å²) in [6.45, 7) is 4.91. The van der Waals surface area contributed by atoms with Gasteiger partial charge in [0.05, 0.1) is 12.7 Å². The summed E-state index contributed by atoms with van der Waals surface area (Å²) in [4.78, 5) is 11.9. The summed E-state index contributed by atoms with van der Waals surface area (Å²) in [6, 6.07) is 5.38. The highest BCUT2D eigenvalue weighted by Gasteiger charge is 2.12. The number of benzene rings is 1. The normalized spacial score (nSPS) is 12.0. The zero-order valence-electron chi connectivity index (χ0n) is 10.4. The smallest absolute Gasteiger partial charge is 0.255 e. The maximum Gasteiger partial charge on any atom is 0.255 e. The Bertz CT molecular complexity index is 393. The fourth-order valence-electron chi connectivity index (χ4n) is 1.36. The average Bonchev–Trinajstić information content (AvgIpc) is 2.35. The Morgan fingerprint density at radius 3 is 2.82 bits per heavy atom. The fourth-order valence-corrected chi connectivity index (χ4v) is 1.70. The Kier molecular flexibility index (Phi) is 5.48. The first-order valence-electron chi connectivity index (χ1n) is 5.70. The number of methoxy groups -OCH3 is 1. The van der Waals surface area contributed by atoms with Crippen molar-refractivity contribution >= 4 is 21.8 Å². The van der Waals surface area contributed by atoms with E-state index in [2.05, 4.69) is 35.1 Å². The van der Waals surface area contributed by atoms with Crippen LogP contribution in [0.15, 0.2) is 22.7 Å². The SMILES string of the molecule is CCC(C)CNC(=O)c1ccc(Br)cc1OC. The average molecular weight is 300 g/mol. The Hall–Kier alpha value is -1.03. The van der Waals surface area contributed by atoms with Crippen molar-refractivity contribution < 1.29 is 9.53 Å². The largest absolute Gasteiger partial charge is 0.496 e. The van der Waals surface area contributed by atoms with Gasteiger partial charge in [-0.05, 0) is 24.1 Å². The number of hydrogen-bond acceptors (Lipinski definition) is 2. The zero-order valence-corrected chi connectivity index (χ0v) is 12.0. The lowest BCUT2D eigenvalue weighted by Gasteiger charge is -2.12. The zero-order chi connectivity index (χ0) is 12.8. The fraction of sp³-hybridized carbons (Fsp3) is 0.462. The monoisotopic (exact) mass is 299 g/mol. The number of amides is 1. The third kappa shape index (κ3) is 4.04. The maximum absolute atomic E-state index is 11.9. The van der Waals surface area contributed by atoms with Gasteiger partial charge in [0.1, 0.15) is 5.75 Å². The Morgan fingerprint density at radius 1 is 1.53 bits per heavy atom. The lowest BCUT2D eigenvalue weighted by molar-refractivity contribution is 0.0945. The molecule has 0 aliphatic carbocycles. The molecule has 94 valence electrons. The molecule has 0 saturated carbocycles. The molecule has 0 aliphatic heterocycles. The van der Waals surface area contributed by atoms with Gasteiger partial charge in [0.2, 0.25) is 0 Å². The van der Waals surface area contributed by atoms with E-state index in [1.807, 2.05) is 6.07 Å². The van der Waals surface area contributed by atoms with Crippen molar-refractivity contribution in [3.8, 4) is 5.75 Å². The van der Waals surface area contributed by atoms with E-state index in [0.717, 1.165) is 10.9 Å². The molecule has 1 N–H and O–H groups in total. The molecule has 0 radical (unpaired) electrons. The molecule has 0 saturated heterocycles. The van der Waals surface area contributed by atoms with Crippen molar-refractivity contribution in [3.63, 3.8) is 0 Å². The highest BCUT2D eigenvalue weighted by Crippen LogP contribution is 2.23. The molecule has 4 heteroatoms. The first-order valence-corrected chi connectivity index (χ1v) is 6.49. The molecule has 0 aromatic heterocycles. The summed E-state index contributed by atoms with van der Waals surface area (Å²) in [5.41, 5.74) is 0.569. The van der Waals surface area contributed by atoms with Crippen LogP contribution >= 0.6 is 15.9 Å². The molecule has 0 fully saturated rings. The van der Waals surface area contributed by atoms with E-state index < -0.39 is 0 Å². The number of halogens is 1. The second kappa shape index (κ2) is 6.64. The molecule has 1 aromatic carbocycles. The van der Waals surface area contributed by atoms with Crippen LogP contribution in [0.25, 0.3) is 0 Å². The van der Waals surface area contributed by atoms with E-state index >= 15 is 0 Å². The summed E-state index contributed by atoms with van der Waals surface area (Å²) in [5, 5.41) is 2.91. The second-order valence-corrected chi connectivity index (χ2v) is 4.98. The van der Waals surface area contributed by atoms with E-state index in [1.54, 1.807) is 19.2 Å². The Balaban J connectivity index is 2.75. The number of ether oxygens (including phenoxy) is 1. The maximum atomic E-state index is 11.9. The van der Waals surface area contributed by atoms with Gasteiger partial charge >= 0.3 is 0 Å². The van der Waals surface area contributed by atoms with Crippen molar-refractivity contribution in [2.24, 2.45) is 5.92 Å². The van der Waals surface area contributed by atoms with Gasteiger partial charge in [-0.15, -0.1) is 0 Å². The molecule has 3 nitrogen and oxygen atoms in total. The first-order chi connectivity index (χ1) is 8.08. The van der Waals surface area contributed by atoms with Crippen molar-refractivity contribution in [2.75, 3.05) is 13.7 Å². The standard InChI is InChI=1S/C13H18BrNO2/c1-4-9(2)8-15-13(16)11-6-5-10(14)7-12(11)17-3/h5-7,9H,4,8H2,1-3H3,(H,15,16). The minimum Gasteiger partial charge on any atom is -0.496 e. The Morgan fingerprint density at radius 2 is 2.24 bits per heavy atom. The molecular formula is C13H18BrNO2. The summed E-state index contributed by atoms with van der Waals surface area (Å²) >= 11 is 3.35. The highest BCUT2D eigenvalue weighted by atomic mass is 79.9. The Labute approximate surface area is 111 Å². The van der Waals surface area contributed by atoms with Gasteiger partial charge in [0.25, 0.3) is 5.91 Å². The third-order valence-corrected chi connectivity index (χ3v) is 3.21. The summed E-state index contributed by atoms with van der Waals surface area (Å²) in [6.07, 6.45) is 1.05. The molecule has 1 aromatic rings. The van der Waals surface area contributed by atoms with Gasteiger partial charge < -0.3 is 10.1 Å². The topological polar surface area (TPSA) is 38.3 Å². The molecule has 0 spiro atoms. The van der Waals surface area contributed by atoms with Crippen LogP contribution < -0.4 is 10.1 Å². The molecule has 0 heterocycles. The minimum absolute atomic E-state index is 0.0883. The molecule has 1 unspecified atom stereocenters. The summed E-state index contributed by atoms with van der Waals surface area (Å²) in [7, 11) is 1.56. The van der Waals surface area contributed by atoms with Crippen LogP contribution in [-0.4, -0.2) is 19.6 Å². The van der Waals surface area contributed by atoms with Crippen LogP contribution in [0.5, 0.6) is 5.75 Å². The van der Waals surface area contributed by atoms with Gasteiger partial charge in [0, 0.05) is 11.0 Å². The van der Waals surface area contributed by atoms with Crippen LogP contribution in [0.2, 0.25) is 0 Å². The lowest BCUT2D eigenvalue weighted by Crippen LogP contribution is -2.28. The van der Waals surface area contributed by atoms with E-state index in [9.17, 15) is 4.79 Å². The van der Waals surface area contributed by atoms with Crippen molar-refractivity contribution in [3.05, 3.63) is 28.2 Å². The quantitative estimate of drug-likeness (QED) is 0.906. The molecule has 0 bridgehead atoms. The van der Waals surface area contributed by atoms with Crippen LogP contribution in [-0.2, 0) is 0 Å². The van der Waals surface area contributed by atoms with Crippen LogP contribution in [0.1, 0.15) is 30.6 Å². The summed E-state index contributed by atoms with van der Waals surface area (Å²) < 4.78 is 6.09. The number of carbonyl (C=O) groups excluding carboxylic acids is 1. The van der Waals surface area contributed by atoms with Gasteiger partial charge in [-0.3, -0.25) is 4.79 Å². The van der Waals surface area contributed by atoms with Gasteiger partial charge in [0.15, 0.2) is 0 Å². The van der Waals surface area contributed by atoms with Crippen LogP contribution in [0, 0.1) is 5.92 Å². The molecule has 1 rings (SSSR count). The number of hydrogen-bond donors (Lipinski definition) is 1. The van der Waals surface area contributed by atoms with E-state index in [1.165, 1.54) is 0 Å². The summed E-state index contributed by atoms with van der Waals surface area (Å²) in [5.74, 6) is 0.982. The predicted molar refractivity (Wildman–Crippen MR) is 72.5 cm³/mol. The number of nitrogens with one attached hydrogen (secondary N) is 1. The third-order valence-electron chi connectivity index (χ3n) is 2.72. The van der Waals surface area contributed by atoms with Gasteiger partial charge in [-0.25, -0.2) is 0 Å². The molecule has 1 atom stereocenters. The number of rotatable bonds is 5. The second-order valence-electron chi connectivity index (χ2n) is 4.07. The van der Waals surface area contributed by atoms with Gasteiger partial charge in [-0.2, -0.15) is 0 Å². The molecule has 17 heavy (non-hydrogen) atoms. The number of carbonyl (C=O) groups is 1. The predicted octanol–water partition coefficient (Wildman–Crippen LogP) is 3.23. The van der Waals surface area contributed by atoms with Gasteiger partial charge in [-0.1, -0.05) is 36.2 Å². The van der Waals surface area contributed by atoms with Crippen molar-refractivity contribution in [2.45, 2.75) is 20.3 Å². The minimum atomic E-state index is -0.0883. The van der Waals surface area contributed by atoms with Crippen LogP contribution in [0.4, 0.5) is 0 Å². The molecule has 1 amide bonds. The molecule has 0 aliphatic rings. The lowest BCUT2D eigenvalue weighted by atomic mass is 10.1. The van der Waals surface area contributed by atoms with Crippen LogP contribution in [0.3, 0.4) is 0 Å². The van der Waals surface area contributed by atoms with E-state index in [4.69, 9.17) is 4.74 Å².